The number of rotatable bonds is 1. The maximum absolute atomic E-state index is 12.0. The van der Waals surface area contributed by atoms with Crippen LogP contribution in [0.2, 0.25) is 0 Å². The molecule has 6 heteroatoms. The number of aliphatic hydroxyl groups is 1. The van der Waals surface area contributed by atoms with E-state index in [4.69, 9.17) is 10.8 Å². The molecule has 3 nitrogen and oxygen atoms in total. The van der Waals surface area contributed by atoms with Gasteiger partial charge in [0.1, 0.15) is 5.82 Å². The van der Waals surface area contributed by atoms with Crippen molar-refractivity contribution < 1.29 is 18.3 Å². The van der Waals surface area contributed by atoms with Gasteiger partial charge in [-0.2, -0.15) is 13.2 Å². The van der Waals surface area contributed by atoms with E-state index < -0.39 is 17.8 Å². The van der Waals surface area contributed by atoms with Gasteiger partial charge in [-0.1, -0.05) is 6.07 Å². The van der Waals surface area contributed by atoms with Gasteiger partial charge in [0, 0.05) is 11.8 Å². The molecule has 0 unspecified atom stereocenters. The smallest absolute Gasteiger partial charge is 0.383 e. The fourth-order valence-corrected chi connectivity index (χ4v) is 0.837. The molecule has 0 amide bonds. The van der Waals surface area contributed by atoms with Crippen LogP contribution >= 0.6 is 0 Å². The van der Waals surface area contributed by atoms with Crippen LogP contribution in [0.4, 0.5) is 19.0 Å². The molecule has 0 bridgehead atoms. The lowest BCUT2D eigenvalue weighted by Crippen LogP contribution is -2.21. The molecule has 1 heterocycles. The normalized spacial score (nSPS) is 14.2. The van der Waals surface area contributed by atoms with Crippen molar-refractivity contribution >= 4 is 5.82 Å². The van der Waals surface area contributed by atoms with Crippen molar-refractivity contribution in [1.82, 2.24) is 4.98 Å². The van der Waals surface area contributed by atoms with Crippen LogP contribution in [0, 0.1) is 0 Å². The van der Waals surface area contributed by atoms with E-state index in [1.54, 1.807) is 0 Å². The summed E-state index contributed by atoms with van der Waals surface area (Å²) in [6.07, 6.45) is -6.03. The summed E-state index contributed by atoms with van der Waals surface area (Å²) in [5.41, 5.74) is 4.73. The molecule has 0 saturated carbocycles. The van der Waals surface area contributed by atoms with E-state index in [1.165, 1.54) is 12.3 Å². The number of anilines is 1. The van der Waals surface area contributed by atoms with Crippen LogP contribution in [0.1, 0.15) is 11.7 Å². The van der Waals surface area contributed by atoms with Crippen LogP contribution < -0.4 is 5.73 Å². The molecular weight excluding hydrogens is 185 g/mol. The fraction of sp³-hybridized carbons (Fsp3) is 0.286. The monoisotopic (exact) mass is 192 g/mol. The van der Waals surface area contributed by atoms with E-state index in [1.807, 2.05) is 0 Å². The maximum atomic E-state index is 12.0. The minimum atomic E-state index is -4.71. The summed E-state index contributed by atoms with van der Waals surface area (Å²) in [5, 5.41) is 8.79. The summed E-state index contributed by atoms with van der Waals surface area (Å²) in [7, 11) is 0. The molecule has 13 heavy (non-hydrogen) atoms. The van der Waals surface area contributed by atoms with Crippen LogP contribution in [0.15, 0.2) is 18.3 Å². The first kappa shape index (κ1) is 9.79. The minimum Gasteiger partial charge on any atom is -0.383 e. The summed E-state index contributed by atoms with van der Waals surface area (Å²) in [4.78, 5) is 3.43. The zero-order valence-corrected chi connectivity index (χ0v) is 6.42. The number of aliphatic hydroxyl groups excluding tert-OH is 1. The molecule has 0 aliphatic carbocycles. The number of halogens is 3. The van der Waals surface area contributed by atoms with E-state index in [0.29, 0.717) is 0 Å². The Labute approximate surface area is 72.0 Å². The first-order chi connectivity index (χ1) is 5.93. The van der Waals surface area contributed by atoms with Crippen LogP contribution in [0.3, 0.4) is 0 Å². The van der Waals surface area contributed by atoms with Crippen LogP contribution in [-0.2, 0) is 0 Å². The third-order valence-corrected chi connectivity index (χ3v) is 1.48. The molecule has 1 aromatic heterocycles. The van der Waals surface area contributed by atoms with Gasteiger partial charge in [-0.3, -0.25) is 0 Å². The number of nitrogens with zero attached hydrogens (tertiary/aromatic N) is 1. The Morgan fingerprint density at radius 3 is 2.54 bits per heavy atom. The van der Waals surface area contributed by atoms with Crippen LogP contribution in [-0.4, -0.2) is 16.3 Å². The number of nitrogens with two attached hydrogens (primary N) is 1. The SMILES string of the molecule is Nc1ncccc1[C@@H](O)C(F)(F)F. The Morgan fingerprint density at radius 1 is 1.46 bits per heavy atom. The summed E-state index contributed by atoms with van der Waals surface area (Å²) in [6, 6.07) is 2.36. The molecule has 0 spiro atoms. The van der Waals surface area contributed by atoms with Gasteiger partial charge in [0.05, 0.1) is 0 Å². The van der Waals surface area contributed by atoms with E-state index >= 15 is 0 Å². The van der Waals surface area contributed by atoms with Gasteiger partial charge >= 0.3 is 6.18 Å². The Morgan fingerprint density at radius 2 is 2.08 bits per heavy atom. The van der Waals surface area contributed by atoms with Crippen LogP contribution in [0.5, 0.6) is 0 Å². The molecule has 0 radical (unpaired) electrons. The zero-order chi connectivity index (χ0) is 10.1. The van der Waals surface area contributed by atoms with Gasteiger partial charge < -0.3 is 10.8 Å². The molecule has 3 N–H and O–H groups in total. The van der Waals surface area contributed by atoms with Crippen LogP contribution in [0.25, 0.3) is 0 Å². The molecule has 72 valence electrons. The summed E-state index contributed by atoms with van der Waals surface area (Å²) >= 11 is 0. The Bertz CT molecular complexity index is 300. The summed E-state index contributed by atoms with van der Waals surface area (Å²) < 4.78 is 35.9. The molecule has 1 aromatic rings. The molecule has 0 aromatic carbocycles. The minimum absolute atomic E-state index is 0.313. The van der Waals surface area contributed by atoms with E-state index in [0.717, 1.165) is 6.07 Å². The van der Waals surface area contributed by atoms with E-state index in [-0.39, 0.29) is 5.82 Å². The standard InChI is InChI=1S/C7H7F3N2O/c8-7(9,10)5(13)4-2-1-3-12-6(4)11/h1-3,5,13H,(H2,11,12)/t5-/m1/s1. The predicted octanol–water partition coefficient (Wildman–Crippen LogP) is 1.26. The number of hydrogen-bond donors (Lipinski definition) is 2. The van der Waals surface area contributed by atoms with E-state index in [2.05, 4.69) is 4.98 Å². The largest absolute Gasteiger partial charge is 0.418 e. The average Bonchev–Trinajstić information content (AvgIpc) is 2.02. The van der Waals surface area contributed by atoms with Crippen molar-refractivity contribution in [2.24, 2.45) is 0 Å². The van der Waals surface area contributed by atoms with Crippen molar-refractivity contribution in [2.75, 3.05) is 5.73 Å². The third kappa shape index (κ3) is 2.09. The first-order valence-corrected chi connectivity index (χ1v) is 3.38. The van der Waals surface area contributed by atoms with Crippen molar-refractivity contribution in [3.05, 3.63) is 23.9 Å². The Balaban J connectivity index is 3.02. The second kappa shape index (κ2) is 3.21. The highest BCUT2D eigenvalue weighted by molar-refractivity contribution is 5.40. The molecule has 0 saturated heterocycles. The fourth-order valence-electron chi connectivity index (χ4n) is 0.837. The lowest BCUT2D eigenvalue weighted by Gasteiger charge is -2.15. The zero-order valence-electron chi connectivity index (χ0n) is 6.42. The second-order valence-corrected chi connectivity index (χ2v) is 2.42. The first-order valence-electron chi connectivity index (χ1n) is 3.38. The third-order valence-electron chi connectivity index (χ3n) is 1.48. The number of aromatic nitrogens is 1. The van der Waals surface area contributed by atoms with Crippen molar-refractivity contribution in [1.29, 1.82) is 0 Å². The highest BCUT2D eigenvalue weighted by atomic mass is 19.4. The number of hydrogen-bond acceptors (Lipinski definition) is 3. The van der Waals surface area contributed by atoms with Gasteiger partial charge in [-0.15, -0.1) is 0 Å². The van der Waals surface area contributed by atoms with Gasteiger partial charge in [-0.05, 0) is 6.07 Å². The summed E-state index contributed by atoms with van der Waals surface area (Å²) in [5.74, 6) is -0.313. The average molecular weight is 192 g/mol. The number of pyridine rings is 1. The van der Waals surface area contributed by atoms with Gasteiger partial charge in [0.15, 0.2) is 6.10 Å². The van der Waals surface area contributed by atoms with Gasteiger partial charge in [0.2, 0.25) is 0 Å². The highest BCUT2D eigenvalue weighted by Crippen LogP contribution is 2.33. The topological polar surface area (TPSA) is 59.1 Å². The lowest BCUT2D eigenvalue weighted by molar-refractivity contribution is -0.206. The van der Waals surface area contributed by atoms with Crippen molar-refractivity contribution in [2.45, 2.75) is 12.3 Å². The predicted molar refractivity (Wildman–Crippen MR) is 39.7 cm³/mol. The number of alkyl halides is 3. The maximum Gasteiger partial charge on any atom is 0.418 e. The quantitative estimate of drug-likeness (QED) is 0.704. The Hall–Kier alpha value is -1.30. The molecule has 0 fully saturated rings. The highest BCUT2D eigenvalue weighted by Gasteiger charge is 2.40. The lowest BCUT2D eigenvalue weighted by atomic mass is 10.1. The van der Waals surface area contributed by atoms with E-state index in [9.17, 15) is 13.2 Å². The van der Waals surface area contributed by atoms with Crippen molar-refractivity contribution in [3.8, 4) is 0 Å². The second-order valence-electron chi connectivity index (χ2n) is 2.42. The molecule has 1 rings (SSSR count). The molecule has 1 atom stereocenters. The van der Waals surface area contributed by atoms with Crippen molar-refractivity contribution in [3.63, 3.8) is 0 Å². The summed E-state index contributed by atoms with van der Waals surface area (Å²) in [6.45, 7) is 0. The van der Waals surface area contributed by atoms with Gasteiger partial charge in [0.25, 0.3) is 0 Å². The molecule has 0 aliphatic heterocycles. The molecular formula is C7H7F3N2O. The molecule has 0 aliphatic rings. The Kier molecular flexibility index (Phi) is 2.42. The number of nitrogen functional groups attached to an aromatic ring is 1. The van der Waals surface area contributed by atoms with Gasteiger partial charge in [-0.25, -0.2) is 4.98 Å².